The van der Waals surface area contributed by atoms with E-state index in [9.17, 15) is 19.7 Å². The zero-order chi connectivity index (χ0) is 15.5. The maximum Gasteiger partial charge on any atom is 0.305 e. The number of non-ortho nitro benzene ring substituents is 1. The minimum absolute atomic E-state index is 0.115. The third-order valence-corrected chi connectivity index (χ3v) is 3.31. The Hall–Kier alpha value is -2.48. The Labute approximate surface area is 119 Å². The number of carbonyl (C=O) groups is 2. The van der Waals surface area contributed by atoms with Crippen molar-refractivity contribution in [3.8, 4) is 0 Å². The van der Waals surface area contributed by atoms with Crippen molar-refractivity contribution in [2.45, 2.75) is 18.4 Å². The molecule has 1 aliphatic heterocycles. The SMILES string of the molecule is O=C(O)CC1(NC(=O)c2ccc([N+](=O)[O-])cc2)CCOC1. The number of nitro benzene ring substituents is 1. The van der Waals surface area contributed by atoms with Gasteiger partial charge in [-0.25, -0.2) is 0 Å². The van der Waals surface area contributed by atoms with Gasteiger partial charge in [-0.1, -0.05) is 0 Å². The summed E-state index contributed by atoms with van der Waals surface area (Å²) in [7, 11) is 0. The summed E-state index contributed by atoms with van der Waals surface area (Å²) < 4.78 is 5.18. The molecule has 2 N–H and O–H groups in total. The van der Waals surface area contributed by atoms with Crippen LogP contribution in [0.15, 0.2) is 24.3 Å². The quantitative estimate of drug-likeness (QED) is 0.616. The number of aliphatic carboxylic acids is 1. The Morgan fingerprint density at radius 2 is 2.05 bits per heavy atom. The van der Waals surface area contributed by atoms with Crippen molar-refractivity contribution in [2.24, 2.45) is 0 Å². The van der Waals surface area contributed by atoms with Gasteiger partial charge in [0.15, 0.2) is 0 Å². The van der Waals surface area contributed by atoms with Crippen LogP contribution in [-0.2, 0) is 9.53 Å². The molecule has 0 aliphatic carbocycles. The molecule has 0 spiro atoms. The molecule has 21 heavy (non-hydrogen) atoms. The number of carbonyl (C=O) groups excluding carboxylic acids is 1. The molecule has 0 bridgehead atoms. The van der Waals surface area contributed by atoms with E-state index in [1.54, 1.807) is 0 Å². The van der Waals surface area contributed by atoms with Crippen LogP contribution in [0.1, 0.15) is 23.2 Å². The fourth-order valence-electron chi connectivity index (χ4n) is 2.23. The number of hydrogen-bond donors (Lipinski definition) is 2. The Morgan fingerprint density at radius 3 is 2.52 bits per heavy atom. The van der Waals surface area contributed by atoms with Crippen molar-refractivity contribution in [1.82, 2.24) is 5.32 Å². The second kappa shape index (κ2) is 5.88. The molecular formula is C13H14N2O6. The van der Waals surface area contributed by atoms with E-state index in [-0.39, 0.29) is 24.3 Å². The highest BCUT2D eigenvalue weighted by atomic mass is 16.6. The van der Waals surface area contributed by atoms with E-state index >= 15 is 0 Å². The number of carboxylic acids is 1. The van der Waals surface area contributed by atoms with Gasteiger partial charge in [0.05, 0.1) is 23.5 Å². The second-order valence-electron chi connectivity index (χ2n) is 4.91. The molecule has 1 aromatic rings. The maximum atomic E-state index is 12.1. The minimum Gasteiger partial charge on any atom is -0.481 e. The Morgan fingerprint density at radius 1 is 1.38 bits per heavy atom. The molecule has 0 radical (unpaired) electrons. The molecule has 1 saturated heterocycles. The summed E-state index contributed by atoms with van der Waals surface area (Å²) in [5.74, 6) is -1.50. The highest BCUT2D eigenvalue weighted by molar-refractivity contribution is 5.95. The minimum atomic E-state index is -1.02. The van der Waals surface area contributed by atoms with Crippen LogP contribution < -0.4 is 5.32 Å². The van der Waals surface area contributed by atoms with Crippen LogP contribution in [0.5, 0.6) is 0 Å². The van der Waals surface area contributed by atoms with Crippen molar-refractivity contribution in [3.63, 3.8) is 0 Å². The summed E-state index contributed by atoms with van der Waals surface area (Å²) >= 11 is 0. The first-order valence-corrected chi connectivity index (χ1v) is 6.28. The molecule has 1 fully saturated rings. The van der Waals surface area contributed by atoms with Gasteiger partial charge in [0, 0.05) is 24.3 Å². The van der Waals surface area contributed by atoms with E-state index in [4.69, 9.17) is 9.84 Å². The number of benzene rings is 1. The first-order valence-electron chi connectivity index (χ1n) is 6.28. The third-order valence-electron chi connectivity index (χ3n) is 3.31. The maximum absolute atomic E-state index is 12.1. The van der Waals surface area contributed by atoms with Gasteiger partial charge in [0.25, 0.3) is 11.6 Å². The van der Waals surface area contributed by atoms with Gasteiger partial charge in [-0.2, -0.15) is 0 Å². The monoisotopic (exact) mass is 294 g/mol. The van der Waals surface area contributed by atoms with Gasteiger partial charge in [0.1, 0.15) is 0 Å². The number of ether oxygens (including phenoxy) is 1. The van der Waals surface area contributed by atoms with Crippen LogP contribution in [-0.4, -0.2) is 40.7 Å². The number of nitrogens with zero attached hydrogens (tertiary/aromatic N) is 1. The molecule has 112 valence electrons. The van der Waals surface area contributed by atoms with E-state index in [0.717, 1.165) is 0 Å². The Balaban J connectivity index is 2.11. The average Bonchev–Trinajstić information content (AvgIpc) is 2.86. The van der Waals surface area contributed by atoms with E-state index in [1.807, 2.05) is 0 Å². The van der Waals surface area contributed by atoms with Gasteiger partial charge in [-0.15, -0.1) is 0 Å². The van der Waals surface area contributed by atoms with Crippen LogP contribution in [0.3, 0.4) is 0 Å². The zero-order valence-corrected chi connectivity index (χ0v) is 11.1. The lowest BCUT2D eigenvalue weighted by Crippen LogP contribution is -2.50. The lowest BCUT2D eigenvalue weighted by Gasteiger charge is -2.26. The topological polar surface area (TPSA) is 119 Å². The molecule has 1 aliphatic rings. The Bertz CT molecular complexity index is 563. The highest BCUT2D eigenvalue weighted by Gasteiger charge is 2.38. The number of amides is 1. The normalized spacial score (nSPS) is 21.0. The fraction of sp³-hybridized carbons (Fsp3) is 0.385. The number of rotatable bonds is 5. The van der Waals surface area contributed by atoms with Crippen molar-refractivity contribution < 1.29 is 24.4 Å². The van der Waals surface area contributed by atoms with Crippen LogP contribution in [0.4, 0.5) is 5.69 Å². The van der Waals surface area contributed by atoms with Gasteiger partial charge >= 0.3 is 5.97 Å². The van der Waals surface area contributed by atoms with Gasteiger partial charge < -0.3 is 15.2 Å². The predicted molar refractivity (Wildman–Crippen MR) is 71.0 cm³/mol. The largest absolute Gasteiger partial charge is 0.481 e. The number of hydrogen-bond acceptors (Lipinski definition) is 5. The highest BCUT2D eigenvalue weighted by Crippen LogP contribution is 2.23. The molecule has 1 unspecified atom stereocenters. The lowest BCUT2D eigenvalue weighted by molar-refractivity contribution is -0.384. The summed E-state index contributed by atoms with van der Waals surface area (Å²) in [6.07, 6.45) is 0.184. The predicted octanol–water partition coefficient (Wildman–Crippen LogP) is 0.958. The summed E-state index contributed by atoms with van der Waals surface area (Å²) in [6, 6.07) is 5.11. The van der Waals surface area contributed by atoms with Crippen LogP contribution in [0.25, 0.3) is 0 Å². The lowest BCUT2D eigenvalue weighted by atomic mass is 9.93. The fourth-order valence-corrected chi connectivity index (χ4v) is 2.23. The molecule has 2 rings (SSSR count). The van der Waals surface area contributed by atoms with Crippen molar-refractivity contribution in [2.75, 3.05) is 13.2 Å². The summed E-state index contributed by atoms with van der Waals surface area (Å²) in [4.78, 5) is 33.1. The molecule has 1 atom stereocenters. The number of nitrogens with one attached hydrogen (secondary N) is 1. The first-order chi connectivity index (χ1) is 9.92. The van der Waals surface area contributed by atoms with Gasteiger partial charge in [-0.05, 0) is 18.6 Å². The molecular weight excluding hydrogens is 280 g/mol. The third kappa shape index (κ3) is 3.54. The summed E-state index contributed by atoms with van der Waals surface area (Å²) in [5, 5.41) is 22.2. The smallest absolute Gasteiger partial charge is 0.305 e. The van der Waals surface area contributed by atoms with Crippen molar-refractivity contribution >= 4 is 17.6 Å². The van der Waals surface area contributed by atoms with Gasteiger partial charge in [0.2, 0.25) is 0 Å². The van der Waals surface area contributed by atoms with Crippen LogP contribution in [0, 0.1) is 10.1 Å². The van der Waals surface area contributed by atoms with E-state index < -0.39 is 22.3 Å². The van der Waals surface area contributed by atoms with Crippen LogP contribution >= 0.6 is 0 Å². The molecule has 1 heterocycles. The van der Waals surface area contributed by atoms with Crippen LogP contribution in [0.2, 0.25) is 0 Å². The van der Waals surface area contributed by atoms with E-state index in [2.05, 4.69) is 5.32 Å². The van der Waals surface area contributed by atoms with Crippen molar-refractivity contribution in [3.05, 3.63) is 39.9 Å². The molecule has 1 amide bonds. The molecule has 1 aromatic carbocycles. The molecule has 8 nitrogen and oxygen atoms in total. The first kappa shape index (κ1) is 14.9. The molecule has 0 saturated carbocycles. The van der Waals surface area contributed by atoms with Crippen molar-refractivity contribution in [1.29, 1.82) is 0 Å². The average molecular weight is 294 g/mol. The summed E-state index contributed by atoms with van der Waals surface area (Å²) in [5.41, 5.74) is -0.807. The number of nitro groups is 1. The van der Waals surface area contributed by atoms with E-state index in [1.165, 1.54) is 24.3 Å². The second-order valence-corrected chi connectivity index (χ2v) is 4.91. The van der Waals surface area contributed by atoms with E-state index in [0.29, 0.717) is 13.0 Å². The number of carboxylic acid groups (broad SMARTS) is 1. The summed E-state index contributed by atoms with van der Waals surface area (Å²) in [6.45, 7) is 0.520. The molecule has 8 heteroatoms. The Kier molecular flexibility index (Phi) is 4.18. The standard InChI is InChI=1S/C13H14N2O6/c16-11(17)7-13(5-6-21-8-13)14-12(18)9-1-3-10(4-2-9)15(19)20/h1-4H,5-8H2,(H,14,18)(H,16,17). The van der Waals surface area contributed by atoms with Gasteiger partial charge in [-0.3, -0.25) is 19.7 Å². The zero-order valence-electron chi connectivity index (χ0n) is 11.1. The molecule has 0 aromatic heterocycles.